The van der Waals surface area contributed by atoms with Crippen molar-refractivity contribution in [2.45, 2.75) is 19.8 Å². The minimum Gasteiger partial charge on any atom is -0.0801 e. The van der Waals surface area contributed by atoms with Gasteiger partial charge in [0.05, 0.1) is 0 Å². The van der Waals surface area contributed by atoms with Crippen LogP contribution in [0.3, 0.4) is 0 Å². The van der Waals surface area contributed by atoms with Gasteiger partial charge in [-0.3, -0.25) is 0 Å². The summed E-state index contributed by atoms with van der Waals surface area (Å²) in [6.45, 7) is 4.56. The van der Waals surface area contributed by atoms with Crippen molar-refractivity contribution in [1.82, 2.24) is 0 Å². The Morgan fingerprint density at radius 1 is 0.583 bits per heavy atom. The summed E-state index contributed by atoms with van der Waals surface area (Å²) in [7, 11) is 0. The highest BCUT2D eigenvalue weighted by atomic mass is 14.4. The molecule has 0 nitrogen and oxygen atoms in total. The van der Waals surface area contributed by atoms with E-state index in [-0.39, 0.29) is 0 Å². The molecule has 0 radical (unpaired) electrons. The van der Waals surface area contributed by atoms with Gasteiger partial charge in [-0.15, -0.1) is 0 Å². The number of rotatable bonds is 1. The quantitative estimate of drug-likeness (QED) is 0.215. The molecule has 0 N–H and O–H groups in total. The lowest BCUT2D eigenvalue weighted by Gasteiger charge is -2.26. The van der Waals surface area contributed by atoms with E-state index >= 15 is 0 Å². The van der Waals surface area contributed by atoms with E-state index in [9.17, 15) is 0 Å². The van der Waals surface area contributed by atoms with E-state index in [1.54, 1.807) is 0 Å². The molecule has 0 aliphatic heterocycles. The molecule has 0 bridgehead atoms. The standard InChI is InChI=1S/C36H26/c1-21-11-15-27-31(17-21)30(25-14-13-23-7-3-4-8-24(23)18-25)19-33-29-16-12-22(2)35-28-10-6-5-9-26(28)34(36(29)35)20-32(27)33/h3-20,22,35H,1-2H3. The Hall–Kier alpha value is -4.16. The largest absolute Gasteiger partial charge is 0.0801 e. The van der Waals surface area contributed by atoms with E-state index in [1.807, 2.05) is 0 Å². The summed E-state index contributed by atoms with van der Waals surface area (Å²) in [6.07, 6.45) is 4.83. The minimum atomic E-state index is 0.443. The lowest BCUT2D eigenvalue weighted by atomic mass is 9.77. The maximum Gasteiger partial charge on any atom is 0.0168 e. The Kier molecular flexibility index (Phi) is 4.00. The van der Waals surface area contributed by atoms with Crippen LogP contribution < -0.4 is 0 Å². The first-order valence-electron chi connectivity index (χ1n) is 13.0. The molecule has 2 unspecified atom stereocenters. The van der Waals surface area contributed by atoms with Crippen molar-refractivity contribution in [2.24, 2.45) is 5.92 Å². The van der Waals surface area contributed by atoms with E-state index in [4.69, 9.17) is 0 Å². The summed E-state index contributed by atoms with van der Waals surface area (Å²) in [5.41, 5.74) is 11.2. The molecular weight excluding hydrogens is 432 g/mol. The number of hydrogen-bond donors (Lipinski definition) is 0. The van der Waals surface area contributed by atoms with E-state index < -0.39 is 0 Å². The van der Waals surface area contributed by atoms with Gasteiger partial charge in [0, 0.05) is 5.92 Å². The first-order valence-corrected chi connectivity index (χ1v) is 13.0. The number of aryl methyl sites for hydroxylation is 1. The van der Waals surface area contributed by atoms with Gasteiger partial charge in [-0.25, -0.2) is 0 Å². The van der Waals surface area contributed by atoms with Crippen molar-refractivity contribution >= 4 is 38.4 Å². The SMILES string of the molecule is Cc1ccc2c(c1)c(-c1ccc3ccccc3c1)cc1c3c4c(cc12)-c1ccccc1C4C(C)C=C3. The second-order valence-corrected chi connectivity index (χ2v) is 10.7. The molecule has 0 fully saturated rings. The molecule has 2 atom stereocenters. The molecule has 6 aromatic carbocycles. The van der Waals surface area contributed by atoms with E-state index in [1.165, 1.54) is 76.8 Å². The van der Waals surface area contributed by atoms with E-state index in [0.717, 1.165) is 0 Å². The summed E-state index contributed by atoms with van der Waals surface area (Å²) in [4.78, 5) is 0. The van der Waals surface area contributed by atoms with Gasteiger partial charge in [-0.05, 0) is 102 Å². The van der Waals surface area contributed by atoms with Crippen LogP contribution in [0.15, 0.2) is 103 Å². The average Bonchev–Trinajstić information content (AvgIpc) is 3.25. The third-order valence-corrected chi connectivity index (χ3v) is 8.54. The highest BCUT2D eigenvalue weighted by molar-refractivity contribution is 6.18. The van der Waals surface area contributed by atoms with Crippen molar-refractivity contribution < 1.29 is 0 Å². The molecule has 8 rings (SSSR count). The van der Waals surface area contributed by atoms with Crippen LogP contribution in [0.5, 0.6) is 0 Å². The maximum atomic E-state index is 2.49. The van der Waals surface area contributed by atoms with Gasteiger partial charge in [-0.1, -0.05) is 104 Å². The number of allylic oxidation sites excluding steroid dienone is 1. The highest BCUT2D eigenvalue weighted by Gasteiger charge is 2.36. The summed E-state index contributed by atoms with van der Waals surface area (Å²) in [5.74, 6) is 0.943. The zero-order valence-corrected chi connectivity index (χ0v) is 20.5. The molecule has 170 valence electrons. The van der Waals surface area contributed by atoms with Crippen LogP contribution in [0.4, 0.5) is 0 Å². The van der Waals surface area contributed by atoms with Crippen LogP contribution in [0.1, 0.15) is 35.1 Å². The zero-order chi connectivity index (χ0) is 24.0. The predicted octanol–water partition coefficient (Wildman–Crippen LogP) is 9.90. The molecule has 6 aromatic rings. The van der Waals surface area contributed by atoms with Crippen molar-refractivity contribution in [3.63, 3.8) is 0 Å². The fourth-order valence-corrected chi connectivity index (χ4v) is 6.86. The number of fused-ring (bicyclic) bond motifs is 8. The van der Waals surface area contributed by atoms with Crippen LogP contribution in [-0.4, -0.2) is 0 Å². The molecule has 0 heteroatoms. The molecule has 2 aliphatic carbocycles. The van der Waals surface area contributed by atoms with Crippen LogP contribution in [0, 0.1) is 12.8 Å². The Balaban J connectivity index is 1.52. The fourth-order valence-electron chi connectivity index (χ4n) is 6.86. The van der Waals surface area contributed by atoms with Gasteiger partial charge in [0.2, 0.25) is 0 Å². The first kappa shape index (κ1) is 20.1. The maximum absolute atomic E-state index is 2.49. The van der Waals surface area contributed by atoms with Gasteiger partial charge in [0.15, 0.2) is 0 Å². The molecule has 2 aliphatic rings. The minimum absolute atomic E-state index is 0.443. The molecule has 0 spiro atoms. The second-order valence-electron chi connectivity index (χ2n) is 10.7. The van der Waals surface area contributed by atoms with E-state index in [0.29, 0.717) is 11.8 Å². The third-order valence-electron chi connectivity index (χ3n) is 8.54. The lowest BCUT2D eigenvalue weighted by molar-refractivity contribution is 0.631. The van der Waals surface area contributed by atoms with Crippen LogP contribution in [0.2, 0.25) is 0 Å². The molecule has 0 saturated heterocycles. The smallest absolute Gasteiger partial charge is 0.0168 e. The van der Waals surface area contributed by atoms with Gasteiger partial charge in [0.25, 0.3) is 0 Å². The Morgan fingerprint density at radius 3 is 2.31 bits per heavy atom. The normalized spacial score (nSPS) is 17.6. The summed E-state index contributed by atoms with van der Waals surface area (Å²) in [5, 5.41) is 7.98. The van der Waals surface area contributed by atoms with Crippen LogP contribution in [-0.2, 0) is 0 Å². The predicted molar refractivity (Wildman–Crippen MR) is 155 cm³/mol. The molecule has 0 heterocycles. The highest BCUT2D eigenvalue weighted by Crippen LogP contribution is 2.55. The zero-order valence-electron chi connectivity index (χ0n) is 20.5. The Labute approximate surface area is 211 Å². The summed E-state index contributed by atoms with van der Waals surface area (Å²) < 4.78 is 0. The third kappa shape index (κ3) is 2.65. The van der Waals surface area contributed by atoms with Gasteiger partial charge in [0.1, 0.15) is 0 Å². The molecule has 0 saturated carbocycles. The second kappa shape index (κ2) is 7.18. The molecule has 0 aromatic heterocycles. The monoisotopic (exact) mass is 458 g/mol. The fraction of sp³-hybridized carbons (Fsp3) is 0.111. The van der Waals surface area contributed by atoms with Gasteiger partial charge < -0.3 is 0 Å². The van der Waals surface area contributed by atoms with Crippen molar-refractivity contribution in [2.75, 3.05) is 0 Å². The molecule has 0 amide bonds. The average molecular weight is 459 g/mol. The summed E-state index contributed by atoms with van der Waals surface area (Å²) in [6, 6.07) is 36.5. The summed E-state index contributed by atoms with van der Waals surface area (Å²) >= 11 is 0. The number of benzene rings is 6. The lowest BCUT2D eigenvalue weighted by Crippen LogP contribution is -2.11. The Bertz CT molecular complexity index is 1920. The van der Waals surface area contributed by atoms with Gasteiger partial charge >= 0.3 is 0 Å². The van der Waals surface area contributed by atoms with Crippen molar-refractivity contribution in [1.29, 1.82) is 0 Å². The Morgan fingerprint density at radius 2 is 1.39 bits per heavy atom. The van der Waals surface area contributed by atoms with Crippen LogP contribution >= 0.6 is 0 Å². The van der Waals surface area contributed by atoms with E-state index in [2.05, 4.69) is 123 Å². The van der Waals surface area contributed by atoms with Crippen molar-refractivity contribution in [3.05, 3.63) is 125 Å². The molecular formula is C36H26. The van der Waals surface area contributed by atoms with Crippen molar-refractivity contribution in [3.8, 4) is 22.3 Å². The first-order chi connectivity index (χ1) is 17.7. The number of hydrogen-bond acceptors (Lipinski definition) is 0. The van der Waals surface area contributed by atoms with Gasteiger partial charge in [-0.2, -0.15) is 0 Å². The van der Waals surface area contributed by atoms with Crippen LogP contribution in [0.25, 0.3) is 60.6 Å². The topological polar surface area (TPSA) is 0 Å². The molecule has 36 heavy (non-hydrogen) atoms.